The lowest BCUT2D eigenvalue weighted by Gasteiger charge is -2.24. The SMILES string of the molecule is CCC(C)CNCC(O)COCCC[Si](OC)(OC)OC. The van der Waals surface area contributed by atoms with E-state index in [1.54, 1.807) is 21.3 Å². The van der Waals surface area contributed by atoms with E-state index in [4.69, 9.17) is 18.0 Å². The van der Waals surface area contributed by atoms with Crippen molar-refractivity contribution in [1.82, 2.24) is 5.32 Å². The minimum Gasteiger partial charge on any atom is -0.389 e. The normalized spacial score (nSPS) is 15.1. The van der Waals surface area contributed by atoms with Gasteiger partial charge in [0, 0.05) is 40.5 Å². The molecule has 0 saturated heterocycles. The Labute approximate surface area is 130 Å². The maximum Gasteiger partial charge on any atom is 0.500 e. The number of ether oxygens (including phenoxy) is 1. The summed E-state index contributed by atoms with van der Waals surface area (Å²) in [5, 5.41) is 13.0. The average Bonchev–Trinajstić information content (AvgIpc) is 2.51. The van der Waals surface area contributed by atoms with E-state index in [2.05, 4.69) is 19.2 Å². The summed E-state index contributed by atoms with van der Waals surface area (Å²) in [6.45, 7) is 6.75. The van der Waals surface area contributed by atoms with Crippen molar-refractivity contribution in [2.24, 2.45) is 5.92 Å². The van der Waals surface area contributed by atoms with E-state index >= 15 is 0 Å². The predicted molar refractivity (Wildman–Crippen MR) is 85.4 cm³/mol. The number of hydrogen-bond donors (Lipinski definition) is 2. The summed E-state index contributed by atoms with van der Waals surface area (Å²) in [5.74, 6) is 0.633. The molecule has 2 unspecified atom stereocenters. The quantitative estimate of drug-likeness (QED) is 0.371. The van der Waals surface area contributed by atoms with Crippen molar-refractivity contribution < 1.29 is 23.1 Å². The first-order valence-corrected chi connectivity index (χ1v) is 9.58. The molecule has 0 aliphatic rings. The van der Waals surface area contributed by atoms with Crippen molar-refractivity contribution in [2.75, 3.05) is 47.6 Å². The van der Waals surface area contributed by atoms with Crippen LogP contribution >= 0.6 is 0 Å². The maximum atomic E-state index is 9.78. The minimum atomic E-state index is -2.49. The Hall–Kier alpha value is -0.0231. The summed E-state index contributed by atoms with van der Waals surface area (Å²) in [4.78, 5) is 0. The molecule has 0 fully saturated rings. The van der Waals surface area contributed by atoms with Crippen molar-refractivity contribution in [3.05, 3.63) is 0 Å². The molecule has 0 amide bonds. The number of aliphatic hydroxyl groups excluding tert-OH is 1. The molecule has 0 spiro atoms. The molecule has 128 valence electrons. The molecule has 2 N–H and O–H groups in total. The van der Waals surface area contributed by atoms with Gasteiger partial charge in [-0.2, -0.15) is 0 Å². The summed E-state index contributed by atoms with van der Waals surface area (Å²) in [6.07, 6.45) is 1.46. The van der Waals surface area contributed by atoms with Crippen LogP contribution in [0.25, 0.3) is 0 Å². The molecule has 0 aliphatic carbocycles. The van der Waals surface area contributed by atoms with Crippen LogP contribution < -0.4 is 5.32 Å². The van der Waals surface area contributed by atoms with Crippen LogP contribution in [-0.4, -0.2) is 67.6 Å². The molecule has 0 bridgehead atoms. The molecule has 7 heteroatoms. The topological polar surface area (TPSA) is 69.2 Å². The second kappa shape index (κ2) is 12.5. The van der Waals surface area contributed by atoms with E-state index in [1.165, 1.54) is 0 Å². The molecular formula is C14H33NO5Si. The Morgan fingerprint density at radius 1 is 1.10 bits per heavy atom. The Kier molecular flexibility index (Phi) is 12.5. The highest BCUT2D eigenvalue weighted by Gasteiger charge is 2.36. The van der Waals surface area contributed by atoms with Crippen LogP contribution in [0, 0.1) is 5.92 Å². The second-order valence-electron chi connectivity index (χ2n) is 5.30. The fourth-order valence-corrected chi connectivity index (χ4v) is 3.56. The van der Waals surface area contributed by atoms with Gasteiger partial charge in [0.25, 0.3) is 0 Å². The first-order chi connectivity index (χ1) is 10.0. The summed E-state index contributed by atoms with van der Waals surface area (Å²) >= 11 is 0. The zero-order valence-corrected chi connectivity index (χ0v) is 15.2. The van der Waals surface area contributed by atoms with Gasteiger partial charge in [0.2, 0.25) is 0 Å². The molecule has 0 aliphatic heterocycles. The zero-order chi connectivity index (χ0) is 16.1. The standard InChI is InChI=1S/C14H33NO5Si/c1-6-13(2)10-15-11-14(16)12-20-8-7-9-21(17-3,18-4)19-5/h13-16H,6-12H2,1-5H3. The summed E-state index contributed by atoms with van der Waals surface area (Å²) in [6, 6.07) is 0.707. The molecule has 0 saturated carbocycles. The van der Waals surface area contributed by atoms with Crippen LogP contribution in [0.5, 0.6) is 0 Å². The van der Waals surface area contributed by atoms with Gasteiger partial charge in [0.05, 0.1) is 12.7 Å². The molecule has 0 radical (unpaired) electrons. The minimum absolute atomic E-state index is 0.342. The van der Waals surface area contributed by atoms with Gasteiger partial charge < -0.3 is 28.4 Å². The van der Waals surface area contributed by atoms with Gasteiger partial charge in [-0.1, -0.05) is 20.3 Å². The Balaban J connectivity index is 3.61. The molecule has 0 aromatic rings. The number of nitrogens with one attached hydrogen (secondary N) is 1. The molecule has 0 heterocycles. The Morgan fingerprint density at radius 2 is 1.71 bits per heavy atom. The van der Waals surface area contributed by atoms with Crippen molar-refractivity contribution >= 4 is 8.80 Å². The third-order valence-corrected chi connectivity index (χ3v) is 6.42. The highest BCUT2D eigenvalue weighted by atomic mass is 28.4. The largest absolute Gasteiger partial charge is 0.500 e. The van der Waals surface area contributed by atoms with E-state index < -0.39 is 14.9 Å². The molecule has 6 nitrogen and oxygen atoms in total. The third kappa shape index (κ3) is 9.57. The summed E-state index contributed by atoms with van der Waals surface area (Å²) in [7, 11) is 2.32. The number of aliphatic hydroxyl groups is 1. The van der Waals surface area contributed by atoms with Crippen LogP contribution in [0.2, 0.25) is 6.04 Å². The van der Waals surface area contributed by atoms with Crippen LogP contribution in [0.1, 0.15) is 26.7 Å². The van der Waals surface area contributed by atoms with Gasteiger partial charge in [0.1, 0.15) is 0 Å². The molecule has 0 aromatic heterocycles. The first-order valence-electron chi connectivity index (χ1n) is 7.65. The Bertz CT molecular complexity index is 233. The summed E-state index contributed by atoms with van der Waals surface area (Å²) in [5.41, 5.74) is 0. The molecule has 0 rings (SSSR count). The van der Waals surface area contributed by atoms with E-state index in [-0.39, 0.29) is 0 Å². The highest BCUT2D eigenvalue weighted by Crippen LogP contribution is 2.14. The lowest BCUT2D eigenvalue weighted by atomic mass is 10.1. The van der Waals surface area contributed by atoms with E-state index in [0.717, 1.165) is 19.4 Å². The molecule has 0 aromatic carbocycles. The molecular weight excluding hydrogens is 290 g/mol. The number of rotatable bonds is 14. The zero-order valence-electron chi connectivity index (χ0n) is 14.2. The van der Waals surface area contributed by atoms with E-state index in [1.807, 2.05) is 0 Å². The van der Waals surface area contributed by atoms with Crippen molar-refractivity contribution in [2.45, 2.75) is 38.8 Å². The van der Waals surface area contributed by atoms with Crippen molar-refractivity contribution in [1.29, 1.82) is 0 Å². The smallest absolute Gasteiger partial charge is 0.389 e. The van der Waals surface area contributed by atoms with Crippen LogP contribution in [0.4, 0.5) is 0 Å². The highest BCUT2D eigenvalue weighted by molar-refractivity contribution is 6.60. The van der Waals surface area contributed by atoms with Crippen molar-refractivity contribution in [3.63, 3.8) is 0 Å². The van der Waals surface area contributed by atoms with Crippen LogP contribution in [0.3, 0.4) is 0 Å². The number of hydrogen-bond acceptors (Lipinski definition) is 6. The van der Waals surface area contributed by atoms with Crippen molar-refractivity contribution in [3.8, 4) is 0 Å². The predicted octanol–water partition coefficient (Wildman–Crippen LogP) is 1.27. The maximum absolute atomic E-state index is 9.78. The van der Waals surface area contributed by atoms with Gasteiger partial charge >= 0.3 is 8.80 Å². The lowest BCUT2D eigenvalue weighted by Crippen LogP contribution is -2.42. The Morgan fingerprint density at radius 3 is 2.24 bits per heavy atom. The monoisotopic (exact) mass is 323 g/mol. The summed E-state index contributed by atoms with van der Waals surface area (Å²) < 4.78 is 21.5. The second-order valence-corrected chi connectivity index (χ2v) is 8.39. The molecule has 21 heavy (non-hydrogen) atoms. The van der Waals surface area contributed by atoms with E-state index in [0.29, 0.717) is 31.7 Å². The van der Waals surface area contributed by atoms with Gasteiger partial charge in [-0.3, -0.25) is 0 Å². The van der Waals surface area contributed by atoms with Gasteiger partial charge in [0.15, 0.2) is 0 Å². The molecule has 2 atom stereocenters. The fraction of sp³-hybridized carbons (Fsp3) is 1.00. The fourth-order valence-electron chi connectivity index (χ4n) is 1.87. The average molecular weight is 324 g/mol. The van der Waals surface area contributed by atoms with Crippen LogP contribution in [0.15, 0.2) is 0 Å². The van der Waals surface area contributed by atoms with Gasteiger partial charge in [-0.05, 0) is 18.9 Å². The van der Waals surface area contributed by atoms with E-state index in [9.17, 15) is 5.11 Å². The van der Waals surface area contributed by atoms with Crippen LogP contribution in [-0.2, 0) is 18.0 Å². The van der Waals surface area contributed by atoms with Gasteiger partial charge in [-0.25, -0.2) is 0 Å². The third-order valence-electron chi connectivity index (χ3n) is 3.58. The lowest BCUT2D eigenvalue weighted by molar-refractivity contribution is 0.0349. The first kappa shape index (κ1) is 21.0. The van der Waals surface area contributed by atoms with Gasteiger partial charge in [-0.15, -0.1) is 0 Å².